The molecule has 0 aliphatic heterocycles. The maximum absolute atomic E-state index is 5.47. The molecular weight excluding hydrogens is 186 g/mol. The van der Waals surface area contributed by atoms with E-state index in [0.717, 1.165) is 5.56 Å². The van der Waals surface area contributed by atoms with Crippen LogP contribution >= 0.6 is 11.6 Å². The molecule has 4 heteroatoms. The SMILES string of the molecule is NNc1ccc(C#CCCCl)cn1. The van der Waals surface area contributed by atoms with Crippen molar-refractivity contribution >= 4 is 17.4 Å². The molecular formula is C9H10ClN3. The summed E-state index contributed by atoms with van der Waals surface area (Å²) in [5.41, 5.74) is 3.31. The van der Waals surface area contributed by atoms with E-state index >= 15 is 0 Å². The monoisotopic (exact) mass is 195 g/mol. The van der Waals surface area contributed by atoms with Gasteiger partial charge in [-0.25, -0.2) is 10.8 Å². The van der Waals surface area contributed by atoms with E-state index in [9.17, 15) is 0 Å². The molecule has 0 unspecified atom stereocenters. The number of nitrogen functional groups attached to an aromatic ring is 1. The number of alkyl halides is 1. The maximum Gasteiger partial charge on any atom is 0.139 e. The van der Waals surface area contributed by atoms with Gasteiger partial charge in [-0.3, -0.25) is 0 Å². The lowest BCUT2D eigenvalue weighted by Gasteiger charge is -1.96. The van der Waals surface area contributed by atoms with Gasteiger partial charge in [0.05, 0.1) is 0 Å². The largest absolute Gasteiger partial charge is 0.308 e. The van der Waals surface area contributed by atoms with Crippen LogP contribution in [0, 0.1) is 11.8 Å². The lowest BCUT2D eigenvalue weighted by Crippen LogP contribution is -2.07. The molecule has 0 radical (unpaired) electrons. The summed E-state index contributed by atoms with van der Waals surface area (Å²) in [7, 11) is 0. The van der Waals surface area contributed by atoms with Crippen LogP contribution in [0.3, 0.4) is 0 Å². The predicted molar refractivity (Wildman–Crippen MR) is 54.3 cm³/mol. The normalized spacial score (nSPS) is 8.77. The van der Waals surface area contributed by atoms with Crippen molar-refractivity contribution in [1.82, 2.24) is 4.98 Å². The number of hydrogen-bond acceptors (Lipinski definition) is 3. The summed E-state index contributed by atoms with van der Waals surface area (Å²) in [5, 5.41) is 0. The van der Waals surface area contributed by atoms with E-state index in [1.165, 1.54) is 0 Å². The second-order valence-electron chi connectivity index (χ2n) is 2.32. The zero-order valence-electron chi connectivity index (χ0n) is 7.05. The fourth-order valence-electron chi connectivity index (χ4n) is 0.765. The summed E-state index contributed by atoms with van der Waals surface area (Å²) in [6.45, 7) is 0. The molecule has 0 atom stereocenters. The van der Waals surface area contributed by atoms with E-state index in [0.29, 0.717) is 18.1 Å². The zero-order chi connectivity index (χ0) is 9.52. The van der Waals surface area contributed by atoms with E-state index in [4.69, 9.17) is 17.4 Å². The summed E-state index contributed by atoms with van der Waals surface area (Å²) in [6, 6.07) is 3.62. The van der Waals surface area contributed by atoms with E-state index < -0.39 is 0 Å². The van der Waals surface area contributed by atoms with Crippen LogP contribution < -0.4 is 11.3 Å². The molecule has 1 heterocycles. The van der Waals surface area contributed by atoms with Crippen molar-refractivity contribution in [2.45, 2.75) is 6.42 Å². The van der Waals surface area contributed by atoms with Crippen molar-refractivity contribution in [3.8, 4) is 11.8 Å². The first-order valence-electron chi connectivity index (χ1n) is 3.84. The smallest absolute Gasteiger partial charge is 0.139 e. The van der Waals surface area contributed by atoms with E-state index in [1.807, 2.05) is 6.07 Å². The van der Waals surface area contributed by atoms with Gasteiger partial charge >= 0.3 is 0 Å². The van der Waals surface area contributed by atoms with Gasteiger partial charge in [0.2, 0.25) is 0 Å². The Balaban J connectivity index is 2.65. The van der Waals surface area contributed by atoms with Gasteiger partial charge in [-0.2, -0.15) is 0 Å². The van der Waals surface area contributed by atoms with Crippen LogP contribution in [0.2, 0.25) is 0 Å². The first-order valence-corrected chi connectivity index (χ1v) is 4.38. The number of nitrogens with one attached hydrogen (secondary N) is 1. The molecule has 0 saturated carbocycles. The van der Waals surface area contributed by atoms with E-state index in [-0.39, 0.29) is 0 Å². The number of anilines is 1. The van der Waals surface area contributed by atoms with Crippen molar-refractivity contribution in [3.63, 3.8) is 0 Å². The molecule has 1 aromatic rings. The minimum absolute atomic E-state index is 0.558. The molecule has 13 heavy (non-hydrogen) atoms. The van der Waals surface area contributed by atoms with Crippen molar-refractivity contribution in [2.75, 3.05) is 11.3 Å². The van der Waals surface area contributed by atoms with Gasteiger partial charge in [0.1, 0.15) is 5.82 Å². The molecule has 1 rings (SSSR count). The average Bonchev–Trinajstić information content (AvgIpc) is 2.19. The van der Waals surface area contributed by atoms with Gasteiger partial charge in [-0.1, -0.05) is 11.8 Å². The van der Waals surface area contributed by atoms with Gasteiger partial charge in [0, 0.05) is 24.1 Å². The van der Waals surface area contributed by atoms with Gasteiger partial charge in [-0.05, 0) is 12.1 Å². The molecule has 68 valence electrons. The fraction of sp³-hybridized carbons (Fsp3) is 0.222. The third kappa shape index (κ3) is 3.32. The third-order valence-electron chi connectivity index (χ3n) is 1.36. The van der Waals surface area contributed by atoms with Crippen molar-refractivity contribution in [2.24, 2.45) is 5.84 Å². The number of nitrogens with two attached hydrogens (primary N) is 1. The van der Waals surface area contributed by atoms with Gasteiger partial charge in [0.15, 0.2) is 0 Å². The van der Waals surface area contributed by atoms with Crippen LogP contribution in [0.15, 0.2) is 18.3 Å². The summed E-state index contributed by atoms with van der Waals surface area (Å²) in [4.78, 5) is 4.00. The summed E-state index contributed by atoms with van der Waals surface area (Å²) in [6.07, 6.45) is 2.36. The van der Waals surface area contributed by atoms with E-state index in [2.05, 4.69) is 22.3 Å². The first-order chi connectivity index (χ1) is 6.36. The van der Waals surface area contributed by atoms with Crippen molar-refractivity contribution in [3.05, 3.63) is 23.9 Å². The molecule has 0 aliphatic rings. The van der Waals surface area contributed by atoms with Gasteiger partial charge in [-0.15, -0.1) is 11.6 Å². The molecule has 0 saturated heterocycles. The Morgan fingerprint density at radius 3 is 2.92 bits per heavy atom. The molecule has 0 aliphatic carbocycles. The highest BCUT2D eigenvalue weighted by atomic mass is 35.5. The van der Waals surface area contributed by atoms with Gasteiger partial charge in [0.25, 0.3) is 0 Å². The highest BCUT2D eigenvalue weighted by molar-refractivity contribution is 6.18. The van der Waals surface area contributed by atoms with Crippen LogP contribution in [0.4, 0.5) is 5.82 Å². The predicted octanol–water partition coefficient (Wildman–Crippen LogP) is 1.35. The summed E-state index contributed by atoms with van der Waals surface area (Å²) < 4.78 is 0. The second kappa shape index (κ2) is 5.41. The first kappa shape index (κ1) is 9.85. The Kier molecular flexibility index (Phi) is 4.10. The van der Waals surface area contributed by atoms with Gasteiger partial charge < -0.3 is 5.43 Å². The van der Waals surface area contributed by atoms with Crippen LogP contribution in [-0.2, 0) is 0 Å². The van der Waals surface area contributed by atoms with Crippen LogP contribution in [0.1, 0.15) is 12.0 Å². The molecule has 0 aromatic carbocycles. The maximum atomic E-state index is 5.47. The topological polar surface area (TPSA) is 50.9 Å². The number of nitrogens with zero attached hydrogens (tertiary/aromatic N) is 1. The summed E-state index contributed by atoms with van der Waals surface area (Å²) in [5.74, 6) is 12.2. The Hall–Kier alpha value is -1.24. The second-order valence-corrected chi connectivity index (χ2v) is 2.70. The van der Waals surface area contributed by atoms with Crippen LogP contribution in [0.25, 0.3) is 0 Å². The Bertz CT molecular complexity index is 310. The quantitative estimate of drug-likeness (QED) is 0.324. The molecule has 0 fully saturated rings. The van der Waals surface area contributed by atoms with Crippen molar-refractivity contribution < 1.29 is 0 Å². The molecule has 3 N–H and O–H groups in total. The Labute approximate surface area is 82.3 Å². The highest BCUT2D eigenvalue weighted by Gasteiger charge is 1.89. The average molecular weight is 196 g/mol. The number of aromatic nitrogens is 1. The number of rotatable bonds is 2. The lowest BCUT2D eigenvalue weighted by atomic mass is 10.3. The molecule has 1 aromatic heterocycles. The molecule has 0 spiro atoms. The highest BCUT2D eigenvalue weighted by Crippen LogP contribution is 2.01. The van der Waals surface area contributed by atoms with Crippen LogP contribution in [-0.4, -0.2) is 10.9 Å². The third-order valence-corrected chi connectivity index (χ3v) is 1.55. The van der Waals surface area contributed by atoms with Crippen LogP contribution in [0.5, 0.6) is 0 Å². The molecule has 0 bridgehead atoms. The number of hydrazine groups is 1. The zero-order valence-corrected chi connectivity index (χ0v) is 7.80. The number of pyridine rings is 1. The minimum atomic E-state index is 0.558. The molecule has 3 nitrogen and oxygen atoms in total. The Morgan fingerprint density at radius 1 is 1.54 bits per heavy atom. The Morgan fingerprint density at radius 2 is 2.38 bits per heavy atom. The summed E-state index contributed by atoms with van der Waals surface area (Å²) >= 11 is 5.47. The number of hydrogen-bond donors (Lipinski definition) is 2. The number of halogens is 1. The van der Waals surface area contributed by atoms with Crippen molar-refractivity contribution in [1.29, 1.82) is 0 Å². The standard InChI is InChI=1S/C9H10ClN3/c10-6-2-1-3-8-4-5-9(13-11)12-7-8/h4-5,7H,2,6,11H2,(H,12,13). The van der Waals surface area contributed by atoms with E-state index in [1.54, 1.807) is 12.3 Å². The molecule has 0 amide bonds. The minimum Gasteiger partial charge on any atom is -0.308 e. The fourth-order valence-corrected chi connectivity index (χ4v) is 0.859. The lowest BCUT2D eigenvalue weighted by molar-refractivity contribution is 1.22.